The molecule has 0 bridgehead atoms. The number of carbonyl (C=O) groups excluding carboxylic acids is 1. The molecule has 1 fully saturated rings. The molecule has 5 heteroatoms. The number of hydrogen-bond acceptors (Lipinski definition) is 3. The highest BCUT2D eigenvalue weighted by atomic mass is 16.4. The minimum absolute atomic E-state index is 0.0307. The number of aliphatic hydroxyl groups excluding tert-OH is 1. The zero-order valence-electron chi connectivity index (χ0n) is 14.4. The number of nitrogens with zero attached hydrogens (tertiary/aromatic N) is 1. The van der Waals surface area contributed by atoms with Gasteiger partial charge in [-0.2, -0.15) is 0 Å². The Bertz CT molecular complexity index is 675. The Morgan fingerprint density at radius 1 is 1.42 bits per heavy atom. The lowest BCUT2D eigenvalue weighted by Crippen LogP contribution is -2.41. The van der Waals surface area contributed by atoms with Crippen molar-refractivity contribution in [2.45, 2.75) is 58.1 Å². The van der Waals surface area contributed by atoms with E-state index in [2.05, 4.69) is 4.98 Å². The molecule has 1 aliphatic rings. The van der Waals surface area contributed by atoms with Gasteiger partial charge in [0, 0.05) is 24.7 Å². The number of aryl methyl sites for hydroxylation is 2. The summed E-state index contributed by atoms with van der Waals surface area (Å²) in [4.78, 5) is 18.2. The first-order chi connectivity index (χ1) is 11.6. The predicted octanol–water partition coefficient (Wildman–Crippen LogP) is 3.73. The average Bonchev–Trinajstić information content (AvgIpc) is 3.13. The van der Waals surface area contributed by atoms with Crippen molar-refractivity contribution in [1.82, 2.24) is 9.88 Å². The van der Waals surface area contributed by atoms with Gasteiger partial charge in [0.2, 0.25) is 0 Å². The molecule has 0 unspecified atom stereocenters. The van der Waals surface area contributed by atoms with E-state index >= 15 is 0 Å². The minimum atomic E-state index is -0.676. The largest absolute Gasteiger partial charge is 0.467 e. The van der Waals surface area contributed by atoms with Crippen LogP contribution in [0.1, 0.15) is 65.7 Å². The highest BCUT2D eigenvalue weighted by Crippen LogP contribution is 2.28. The van der Waals surface area contributed by atoms with Crippen LogP contribution >= 0.6 is 0 Å². The van der Waals surface area contributed by atoms with Gasteiger partial charge in [-0.15, -0.1) is 0 Å². The molecule has 0 aliphatic carbocycles. The second-order valence-electron chi connectivity index (χ2n) is 6.78. The standard InChI is InChI=1S/C19H26N2O3/c1-13-11-14(2)20-18(13)19(23)21-9-5-3-4-7-15(21)12-16(22)17-8-6-10-24-17/h6,8,10-11,15-16,20,22H,3-5,7,9,12H2,1-2H3/t15-,16+/m1/s1. The van der Waals surface area contributed by atoms with Crippen molar-refractivity contribution >= 4 is 5.91 Å². The van der Waals surface area contributed by atoms with Crippen LogP contribution in [0.5, 0.6) is 0 Å². The molecule has 2 N–H and O–H groups in total. The van der Waals surface area contributed by atoms with Gasteiger partial charge in [0.25, 0.3) is 5.91 Å². The van der Waals surface area contributed by atoms with Crippen molar-refractivity contribution in [3.8, 4) is 0 Å². The van der Waals surface area contributed by atoms with Crippen molar-refractivity contribution in [2.75, 3.05) is 6.54 Å². The van der Waals surface area contributed by atoms with Crippen molar-refractivity contribution in [3.63, 3.8) is 0 Å². The highest BCUT2D eigenvalue weighted by molar-refractivity contribution is 5.94. The summed E-state index contributed by atoms with van der Waals surface area (Å²) in [7, 11) is 0. The van der Waals surface area contributed by atoms with Gasteiger partial charge in [-0.25, -0.2) is 0 Å². The number of furan rings is 1. The number of amides is 1. The first kappa shape index (κ1) is 16.8. The van der Waals surface area contributed by atoms with Crippen LogP contribution in [0.2, 0.25) is 0 Å². The number of aromatic nitrogens is 1. The minimum Gasteiger partial charge on any atom is -0.467 e. The van der Waals surface area contributed by atoms with E-state index in [0.29, 0.717) is 17.9 Å². The first-order valence-corrected chi connectivity index (χ1v) is 8.75. The van der Waals surface area contributed by atoms with Gasteiger partial charge in [-0.05, 0) is 50.5 Å². The fourth-order valence-electron chi connectivity index (χ4n) is 3.64. The summed E-state index contributed by atoms with van der Waals surface area (Å²) >= 11 is 0. The van der Waals surface area contributed by atoms with Crippen LogP contribution in [-0.2, 0) is 0 Å². The molecule has 5 nitrogen and oxygen atoms in total. The maximum absolute atomic E-state index is 13.1. The molecule has 0 aromatic carbocycles. The SMILES string of the molecule is Cc1cc(C)c(C(=O)N2CCCCC[C@@H]2C[C@H](O)c2ccco2)[nH]1. The summed E-state index contributed by atoms with van der Waals surface area (Å²) in [6, 6.07) is 5.59. The maximum Gasteiger partial charge on any atom is 0.270 e. The summed E-state index contributed by atoms with van der Waals surface area (Å²) in [5.74, 6) is 0.609. The molecule has 0 spiro atoms. The van der Waals surface area contributed by atoms with E-state index in [4.69, 9.17) is 4.42 Å². The van der Waals surface area contributed by atoms with E-state index in [0.717, 1.165) is 43.5 Å². The van der Waals surface area contributed by atoms with Crippen LogP contribution in [0.3, 0.4) is 0 Å². The number of carbonyl (C=O) groups is 1. The lowest BCUT2D eigenvalue weighted by atomic mass is 10.0. The fraction of sp³-hybridized carbons (Fsp3) is 0.526. The van der Waals surface area contributed by atoms with Gasteiger partial charge >= 0.3 is 0 Å². The Morgan fingerprint density at radius 2 is 2.25 bits per heavy atom. The highest BCUT2D eigenvalue weighted by Gasteiger charge is 2.30. The van der Waals surface area contributed by atoms with Gasteiger partial charge < -0.3 is 19.4 Å². The number of rotatable bonds is 4. The average molecular weight is 330 g/mol. The summed E-state index contributed by atoms with van der Waals surface area (Å²) < 4.78 is 5.31. The van der Waals surface area contributed by atoms with Crippen LogP contribution in [0.4, 0.5) is 0 Å². The van der Waals surface area contributed by atoms with Gasteiger partial charge in [0.05, 0.1) is 6.26 Å². The molecule has 0 saturated carbocycles. The molecule has 130 valence electrons. The van der Waals surface area contributed by atoms with E-state index in [-0.39, 0.29) is 11.9 Å². The van der Waals surface area contributed by atoms with E-state index in [9.17, 15) is 9.90 Å². The Balaban J connectivity index is 1.79. The van der Waals surface area contributed by atoms with E-state index in [1.54, 1.807) is 18.4 Å². The molecule has 2 aromatic rings. The Labute approximate surface area is 142 Å². The number of aromatic amines is 1. The Hall–Kier alpha value is -2.01. The van der Waals surface area contributed by atoms with Gasteiger partial charge in [0.15, 0.2) is 0 Å². The smallest absolute Gasteiger partial charge is 0.270 e. The van der Waals surface area contributed by atoms with Crippen molar-refractivity contribution in [3.05, 3.63) is 47.2 Å². The lowest BCUT2D eigenvalue weighted by molar-refractivity contribution is 0.0552. The van der Waals surface area contributed by atoms with E-state index < -0.39 is 6.10 Å². The first-order valence-electron chi connectivity index (χ1n) is 8.75. The zero-order chi connectivity index (χ0) is 17.1. The third-order valence-corrected chi connectivity index (χ3v) is 4.87. The molecule has 1 saturated heterocycles. The molecular formula is C19H26N2O3. The van der Waals surface area contributed by atoms with Crippen LogP contribution in [0.15, 0.2) is 28.9 Å². The summed E-state index contributed by atoms with van der Waals surface area (Å²) in [5.41, 5.74) is 2.65. The van der Waals surface area contributed by atoms with Crippen molar-refractivity contribution in [2.24, 2.45) is 0 Å². The van der Waals surface area contributed by atoms with Gasteiger partial charge in [-0.3, -0.25) is 4.79 Å². The molecule has 2 aromatic heterocycles. The number of H-pyrrole nitrogens is 1. The summed E-state index contributed by atoms with van der Waals surface area (Å²) in [5, 5.41) is 10.4. The van der Waals surface area contributed by atoms with E-state index in [1.807, 2.05) is 24.8 Å². The fourth-order valence-corrected chi connectivity index (χ4v) is 3.64. The predicted molar refractivity (Wildman–Crippen MR) is 91.8 cm³/mol. The lowest BCUT2D eigenvalue weighted by Gasteiger charge is -2.31. The number of likely N-dealkylation sites (tertiary alicyclic amines) is 1. The normalized spacial score (nSPS) is 20.0. The van der Waals surface area contributed by atoms with Gasteiger partial charge in [0.1, 0.15) is 17.6 Å². The van der Waals surface area contributed by atoms with Crippen LogP contribution < -0.4 is 0 Å². The molecule has 1 aliphatic heterocycles. The van der Waals surface area contributed by atoms with E-state index in [1.165, 1.54) is 0 Å². The topological polar surface area (TPSA) is 69.5 Å². The quantitative estimate of drug-likeness (QED) is 0.897. The van der Waals surface area contributed by atoms with Crippen molar-refractivity contribution in [1.29, 1.82) is 0 Å². The van der Waals surface area contributed by atoms with Crippen molar-refractivity contribution < 1.29 is 14.3 Å². The van der Waals surface area contributed by atoms with Crippen LogP contribution in [-0.4, -0.2) is 33.5 Å². The summed E-state index contributed by atoms with van der Waals surface area (Å²) in [6.07, 6.45) is 5.55. The van der Waals surface area contributed by atoms with Crippen LogP contribution in [0, 0.1) is 13.8 Å². The third kappa shape index (κ3) is 3.56. The summed E-state index contributed by atoms with van der Waals surface area (Å²) in [6.45, 7) is 4.66. The number of nitrogens with one attached hydrogen (secondary N) is 1. The molecule has 3 rings (SSSR count). The molecule has 3 heterocycles. The maximum atomic E-state index is 13.1. The second kappa shape index (κ2) is 7.26. The van der Waals surface area contributed by atoms with Gasteiger partial charge in [-0.1, -0.05) is 12.8 Å². The second-order valence-corrected chi connectivity index (χ2v) is 6.78. The monoisotopic (exact) mass is 330 g/mol. The Kier molecular flexibility index (Phi) is 5.09. The third-order valence-electron chi connectivity index (χ3n) is 4.87. The molecule has 2 atom stereocenters. The molecular weight excluding hydrogens is 304 g/mol. The molecule has 24 heavy (non-hydrogen) atoms. The van der Waals surface area contributed by atoms with Crippen LogP contribution in [0.25, 0.3) is 0 Å². The number of hydrogen-bond donors (Lipinski definition) is 2. The molecule has 0 radical (unpaired) electrons. The zero-order valence-corrected chi connectivity index (χ0v) is 14.4. The number of aliphatic hydroxyl groups is 1. The Morgan fingerprint density at radius 3 is 2.92 bits per heavy atom. The molecule has 1 amide bonds.